The SMILES string of the molecule is C#CCn1c(=NC(=O)c2c(F)cccc2Cl)sc2cc(S(N)(=O)=O)ccc21. The zero-order chi connectivity index (χ0) is 19.8. The molecule has 0 atom stereocenters. The minimum Gasteiger partial charge on any atom is -0.305 e. The molecule has 0 spiro atoms. The van der Waals surface area contributed by atoms with Gasteiger partial charge in [0.1, 0.15) is 5.82 Å². The second-order valence-corrected chi connectivity index (χ2v) is 8.34. The van der Waals surface area contributed by atoms with E-state index in [1.807, 2.05) is 0 Å². The third-order valence-electron chi connectivity index (χ3n) is 3.61. The summed E-state index contributed by atoms with van der Waals surface area (Å²) in [4.78, 5) is 16.5. The lowest BCUT2D eigenvalue weighted by Crippen LogP contribution is -2.17. The van der Waals surface area contributed by atoms with Crippen molar-refractivity contribution in [3.8, 4) is 12.3 Å². The van der Waals surface area contributed by atoms with Crippen molar-refractivity contribution < 1.29 is 17.6 Å². The Balaban J connectivity index is 2.24. The van der Waals surface area contributed by atoms with Gasteiger partial charge in [0.25, 0.3) is 5.91 Å². The smallest absolute Gasteiger partial charge is 0.284 e. The van der Waals surface area contributed by atoms with Gasteiger partial charge in [-0.3, -0.25) is 4.79 Å². The quantitative estimate of drug-likeness (QED) is 0.656. The number of primary sulfonamides is 1. The fraction of sp³-hybridized carbons (Fsp3) is 0.0588. The van der Waals surface area contributed by atoms with E-state index in [2.05, 4.69) is 10.9 Å². The Labute approximate surface area is 162 Å². The van der Waals surface area contributed by atoms with Gasteiger partial charge >= 0.3 is 0 Å². The lowest BCUT2D eigenvalue weighted by atomic mass is 10.2. The molecule has 3 rings (SSSR count). The fourth-order valence-electron chi connectivity index (χ4n) is 2.40. The second-order valence-electron chi connectivity index (χ2n) is 5.36. The van der Waals surface area contributed by atoms with E-state index in [-0.39, 0.29) is 26.8 Å². The number of benzene rings is 2. The number of fused-ring (bicyclic) bond motifs is 1. The van der Waals surface area contributed by atoms with Gasteiger partial charge in [-0.1, -0.05) is 34.9 Å². The van der Waals surface area contributed by atoms with Crippen LogP contribution >= 0.6 is 22.9 Å². The Hall–Kier alpha value is -2.51. The maximum Gasteiger partial charge on any atom is 0.284 e. The average molecular weight is 424 g/mol. The van der Waals surface area contributed by atoms with Gasteiger partial charge in [0, 0.05) is 0 Å². The van der Waals surface area contributed by atoms with Crippen LogP contribution < -0.4 is 9.94 Å². The maximum atomic E-state index is 14.0. The van der Waals surface area contributed by atoms with Gasteiger partial charge in [0.2, 0.25) is 10.0 Å². The van der Waals surface area contributed by atoms with Crippen molar-refractivity contribution in [3.63, 3.8) is 0 Å². The van der Waals surface area contributed by atoms with Crippen molar-refractivity contribution >= 4 is 49.1 Å². The van der Waals surface area contributed by atoms with Crippen molar-refractivity contribution in [2.75, 3.05) is 0 Å². The molecule has 0 aliphatic rings. The number of terminal acetylenes is 1. The number of nitrogens with two attached hydrogens (primary N) is 1. The second kappa shape index (κ2) is 7.25. The van der Waals surface area contributed by atoms with Crippen LogP contribution in [0.25, 0.3) is 10.2 Å². The Morgan fingerprint density at radius 1 is 1.37 bits per heavy atom. The average Bonchev–Trinajstić information content (AvgIpc) is 2.91. The minimum absolute atomic E-state index is 0.0649. The Bertz CT molecular complexity index is 1270. The van der Waals surface area contributed by atoms with Gasteiger partial charge in [-0.25, -0.2) is 17.9 Å². The molecule has 0 aliphatic heterocycles. The van der Waals surface area contributed by atoms with E-state index in [9.17, 15) is 17.6 Å². The number of thiazole rings is 1. The number of hydrogen-bond donors (Lipinski definition) is 1. The molecule has 1 aromatic heterocycles. The van der Waals surface area contributed by atoms with Crippen molar-refractivity contribution in [3.05, 3.63) is 57.6 Å². The number of sulfonamides is 1. The van der Waals surface area contributed by atoms with Crippen LogP contribution in [0.15, 0.2) is 46.3 Å². The van der Waals surface area contributed by atoms with Gasteiger partial charge in [0.05, 0.1) is 32.2 Å². The van der Waals surface area contributed by atoms with E-state index in [1.54, 1.807) is 4.57 Å². The van der Waals surface area contributed by atoms with Crippen molar-refractivity contribution in [2.24, 2.45) is 10.1 Å². The number of halogens is 2. The third-order valence-corrected chi connectivity index (χ3v) is 5.87. The molecule has 10 heteroatoms. The first kappa shape index (κ1) is 19.3. The Morgan fingerprint density at radius 2 is 2.11 bits per heavy atom. The van der Waals surface area contributed by atoms with Crippen LogP contribution in [0.3, 0.4) is 0 Å². The number of aromatic nitrogens is 1. The zero-order valence-corrected chi connectivity index (χ0v) is 15.9. The minimum atomic E-state index is -3.89. The lowest BCUT2D eigenvalue weighted by molar-refractivity contribution is 0.0994. The highest BCUT2D eigenvalue weighted by atomic mass is 35.5. The summed E-state index contributed by atoms with van der Waals surface area (Å²) in [5.41, 5.74) is 0.214. The molecule has 0 saturated heterocycles. The fourth-order valence-corrected chi connectivity index (χ4v) is 4.33. The highest BCUT2D eigenvalue weighted by Gasteiger charge is 2.17. The van der Waals surface area contributed by atoms with Gasteiger partial charge < -0.3 is 4.57 Å². The molecule has 0 saturated carbocycles. The normalized spacial score (nSPS) is 12.3. The molecule has 2 N–H and O–H groups in total. The first-order valence-corrected chi connectivity index (χ1v) is 10.1. The van der Waals surface area contributed by atoms with Crippen LogP contribution in [0.1, 0.15) is 10.4 Å². The zero-order valence-electron chi connectivity index (χ0n) is 13.5. The van der Waals surface area contributed by atoms with Crippen LogP contribution in [-0.2, 0) is 16.6 Å². The molecule has 0 unspecified atom stereocenters. The van der Waals surface area contributed by atoms with E-state index in [0.29, 0.717) is 10.2 Å². The van der Waals surface area contributed by atoms with E-state index in [0.717, 1.165) is 17.4 Å². The van der Waals surface area contributed by atoms with Gasteiger partial charge in [-0.2, -0.15) is 4.99 Å². The number of nitrogens with zero attached hydrogens (tertiary/aromatic N) is 2. The van der Waals surface area contributed by atoms with Crippen molar-refractivity contribution in [1.29, 1.82) is 0 Å². The summed E-state index contributed by atoms with van der Waals surface area (Å²) in [6.45, 7) is 0.0752. The Morgan fingerprint density at radius 3 is 2.74 bits per heavy atom. The number of carbonyl (C=O) groups is 1. The van der Waals surface area contributed by atoms with E-state index in [1.165, 1.54) is 30.3 Å². The molecular formula is C17H11ClFN3O3S2. The largest absolute Gasteiger partial charge is 0.305 e. The van der Waals surface area contributed by atoms with Gasteiger partial charge in [-0.05, 0) is 30.3 Å². The first-order chi connectivity index (χ1) is 12.7. The number of hydrogen-bond acceptors (Lipinski definition) is 4. The summed E-state index contributed by atoms with van der Waals surface area (Å²) in [6, 6.07) is 8.07. The lowest BCUT2D eigenvalue weighted by Gasteiger charge is -2.02. The van der Waals surface area contributed by atoms with E-state index >= 15 is 0 Å². The van der Waals surface area contributed by atoms with E-state index in [4.69, 9.17) is 23.2 Å². The summed E-state index contributed by atoms with van der Waals surface area (Å²) in [5.74, 6) is 0.771. The van der Waals surface area contributed by atoms with Gasteiger partial charge in [-0.15, -0.1) is 6.42 Å². The van der Waals surface area contributed by atoms with Crippen LogP contribution in [-0.4, -0.2) is 18.9 Å². The molecule has 3 aromatic rings. The molecular weight excluding hydrogens is 413 g/mol. The highest BCUT2D eigenvalue weighted by Crippen LogP contribution is 2.22. The summed E-state index contributed by atoms with van der Waals surface area (Å²) < 4.78 is 39.1. The molecule has 27 heavy (non-hydrogen) atoms. The number of carbonyl (C=O) groups excluding carboxylic acids is 1. The monoisotopic (exact) mass is 423 g/mol. The molecule has 0 aliphatic carbocycles. The third kappa shape index (κ3) is 3.79. The van der Waals surface area contributed by atoms with Crippen LogP contribution in [0.4, 0.5) is 4.39 Å². The summed E-state index contributed by atoms with van der Waals surface area (Å²) in [6.07, 6.45) is 5.38. The predicted molar refractivity (Wildman–Crippen MR) is 101 cm³/mol. The van der Waals surface area contributed by atoms with Crippen LogP contribution in [0, 0.1) is 18.2 Å². The molecule has 0 radical (unpaired) electrons. The molecule has 6 nitrogen and oxygen atoms in total. The summed E-state index contributed by atoms with van der Waals surface area (Å²) >= 11 is 6.93. The number of amides is 1. The number of rotatable bonds is 3. The first-order valence-electron chi connectivity index (χ1n) is 7.35. The summed E-state index contributed by atoms with van der Waals surface area (Å²) in [5, 5.41) is 5.08. The van der Waals surface area contributed by atoms with Crippen LogP contribution in [0.2, 0.25) is 5.02 Å². The predicted octanol–water partition coefficient (Wildman–Crippen LogP) is 2.52. The van der Waals surface area contributed by atoms with Gasteiger partial charge in [0.15, 0.2) is 4.80 Å². The molecule has 0 fully saturated rings. The standard InChI is InChI=1S/C17H11ClFN3O3S2/c1-2-8-22-13-7-6-10(27(20,24)25)9-14(13)26-17(22)21-16(23)15-11(18)4-3-5-12(15)19/h1,3-7,9H,8H2,(H2,20,24,25). The topological polar surface area (TPSA) is 94.5 Å². The summed E-state index contributed by atoms with van der Waals surface area (Å²) in [7, 11) is -3.89. The highest BCUT2D eigenvalue weighted by molar-refractivity contribution is 7.89. The molecule has 2 aromatic carbocycles. The molecule has 0 bridgehead atoms. The van der Waals surface area contributed by atoms with E-state index < -0.39 is 21.7 Å². The van der Waals surface area contributed by atoms with Crippen LogP contribution in [0.5, 0.6) is 0 Å². The van der Waals surface area contributed by atoms with Crippen molar-refractivity contribution in [1.82, 2.24) is 4.57 Å². The molecule has 1 heterocycles. The Kier molecular flexibility index (Phi) is 5.17. The molecule has 138 valence electrons. The van der Waals surface area contributed by atoms with Crippen molar-refractivity contribution in [2.45, 2.75) is 11.4 Å². The molecule has 1 amide bonds. The maximum absolute atomic E-state index is 14.0.